The lowest BCUT2D eigenvalue weighted by Gasteiger charge is -2.28. The number of carbonyl (C=O) groups excluding carboxylic acids is 2. The second-order valence-electron chi connectivity index (χ2n) is 20.2. The van der Waals surface area contributed by atoms with Crippen molar-refractivity contribution >= 4 is 58.9 Å². The Morgan fingerprint density at radius 3 is 0.891 bits per heavy atom. The minimum Gasteiger partial charge on any atom is -0.506 e. The van der Waals surface area contributed by atoms with Gasteiger partial charge in [0.15, 0.2) is 12.2 Å². The zero-order chi connectivity index (χ0) is 47.7. The van der Waals surface area contributed by atoms with Crippen LogP contribution >= 0.6 is 47.0 Å². The lowest BCUT2D eigenvalue weighted by molar-refractivity contribution is -0.128. The van der Waals surface area contributed by atoms with E-state index in [4.69, 9.17) is 9.47 Å². The fourth-order valence-corrected chi connectivity index (χ4v) is 11.0. The Labute approximate surface area is 396 Å². The number of aromatic hydroxyl groups is 2. The molecule has 2 atom stereocenters. The van der Waals surface area contributed by atoms with Gasteiger partial charge in [-0.05, 0) is 106 Å². The molecule has 1 aliphatic heterocycles. The number of aliphatic hydroxyl groups is 2. The highest BCUT2D eigenvalue weighted by molar-refractivity contribution is 8.01. The SMILES string of the molecule is C[C@H](Oc1c2cc(C(C)(C)C)cc1Sc1cc(C(C)(C)C)cc(c1O)Sc1cc(C(C)(C)C)cc(c1O[C@@H](C)C(=O)NCCO)Sc1cc(C(C)(C)C)cc(c1O)S2)C(=O)NCCO. The minimum atomic E-state index is -0.967. The zero-order valence-corrected chi connectivity index (χ0v) is 42.9. The molecule has 0 aromatic heterocycles. The van der Waals surface area contributed by atoms with E-state index in [0.29, 0.717) is 50.7 Å². The standard InChI is InChI=1S/C50H66N2O8S4/c1-27(45(57)51-15-17-53)59-43-37-23-31(49(9,10)11)24-38(43)62-34-20-30(48(6,7)8)22-36(42(34)56)64-40-26-32(50(12,13)14)25-39(44(40)60-28(2)46(58)52-16-18-54)63-35-21-29(47(3,4)5)19-33(61-37)41(35)55/h19-28,53-56H,15-18H2,1-14H3,(H,51,57)(H,52,58)/t27-,28-/m0/s1. The van der Waals surface area contributed by atoms with Crippen LogP contribution in [0.3, 0.4) is 0 Å². The smallest absolute Gasteiger partial charge is 0.260 e. The molecular formula is C50H66N2O8S4. The Morgan fingerprint density at radius 1 is 0.469 bits per heavy atom. The van der Waals surface area contributed by atoms with Crippen molar-refractivity contribution < 1.29 is 39.5 Å². The van der Waals surface area contributed by atoms with Gasteiger partial charge in [-0.2, -0.15) is 0 Å². The maximum Gasteiger partial charge on any atom is 0.260 e. The van der Waals surface area contributed by atoms with E-state index in [-0.39, 0.29) is 59.5 Å². The number of aliphatic hydroxyl groups excluding tert-OH is 2. The monoisotopic (exact) mass is 950 g/mol. The van der Waals surface area contributed by atoms with Crippen molar-refractivity contribution in [2.45, 2.75) is 170 Å². The highest BCUT2D eigenvalue weighted by atomic mass is 32.2. The highest BCUT2D eigenvalue weighted by Gasteiger charge is 2.31. The van der Waals surface area contributed by atoms with Gasteiger partial charge in [0.25, 0.3) is 11.8 Å². The fourth-order valence-electron chi connectivity index (χ4n) is 6.48. The van der Waals surface area contributed by atoms with Crippen LogP contribution in [-0.2, 0) is 31.2 Å². The van der Waals surface area contributed by atoms with Crippen molar-refractivity contribution in [1.82, 2.24) is 10.6 Å². The summed E-state index contributed by atoms with van der Waals surface area (Å²) in [5.41, 5.74) is 2.53. The van der Waals surface area contributed by atoms with Crippen molar-refractivity contribution in [2.24, 2.45) is 0 Å². The Kier molecular flexibility index (Phi) is 16.1. The molecule has 64 heavy (non-hydrogen) atoms. The average Bonchev–Trinajstić information content (AvgIpc) is 3.18. The second kappa shape index (κ2) is 20.1. The number of phenolic OH excluding ortho intramolecular Hbond substituents is 2. The number of carbonyl (C=O) groups is 2. The molecule has 1 aliphatic rings. The predicted octanol–water partition coefficient (Wildman–Crippen LogP) is 11.0. The summed E-state index contributed by atoms with van der Waals surface area (Å²) >= 11 is 5.35. The molecule has 0 saturated carbocycles. The normalized spacial score (nSPS) is 14.4. The molecule has 6 N–H and O–H groups in total. The number of ether oxygens (including phenoxy) is 2. The molecule has 4 aromatic carbocycles. The number of fused-ring (bicyclic) bond motifs is 8. The van der Waals surface area contributed by atoms with E-state index in [1.54, 1.807) is 13.8 Å². The number of benzene rings is 4. The van der Waals surface area contributed by atoms with Crippen molar-refractivity contribution in [2.75, 3.05) is 26.3 Å². The summed E-state index contributed by atoms with van der Waals surface area (Å²) in [4.78, 5) is 31.6. The summed E-state index contributed by atoms with van der Waals surface area (Å²) in [6.45, 7) is 28.5. The molecule has 1 heterocycles. The lowest BCUT2D eigenvalue weighted by Crippen LogP contribution is -2.37. The van der Waals surface area contributed by atoms with Crippen molar-refractivity contribution in [3.05, 3.63) is 70.8 Å². The lowest BCUT2D eigenvalue weighted by atomic mass is 9.87. The minimum absolute atomic E-state index is 0.0397. The Morgan fingerprint density at radius 2 is 0.688 bits per heavy atom. The summed E-state index contributed by atoms with van der Waals surface area (Å²) in [5, 5.41) is 49.4. The van der Waals surface area contributed by atoms with Crippen LogP contribution in [0.5, 0.6) is 23.0 Å². The Hall–Kier alpha value is -3.66. The third-order valence-electron chi connectivity index (χ3n) is 10.6. The molecule has 5 rings (SSSR count). The molecule has 0 aliphatic carbocycles. The molecule has 0 saturated heterocycles. The van der Waals surface area contributed by atoms with Gasteiger partial charge >= 0.3 is 0 Å². The van der Waals surface area contributed by atoms with Gasteiger partial charge in [-0.25, -0.2) is 0 Å². The third kappa shape index (κ3) is 12.4. The van der Waals surface area contributed by atoms with E-state index in [0.717, 1.165) is 22.3 Å². The molecule has 10 nitrogen and oxygen atoms in total. The molecule has 0 spiro atoms. The van der Waals surface area contributed by atoms with E-state index < -0.39 is 24.0 Å². The van der Waals surface area contributed by atoms with Gasteiger partial charge in [0.1, 0.15) is 23.0 Å². The summed E-state index contributed by atoms with van der Waals surface area (Å²) in [5.74, 6) is 0.107. The van der Waals surface area contributed by atoms with E-state index >= 15 is 0 Å². The van der Waals surface area contributed by atoms with Gasteiger partial charge in [0.05, 0.1) is 52.4 Å². The molecule has 0 fully saturated rings. The highest BCUT2D eigenvalue weighted by Crippen LogP contribution is 2.56. The third-order valence-corrected chi connectivity index (χ3v) is 14.8. The van der Waals surface area contributed by atoms with Crippen LogP contribution in [0.1, 0.15) is 119 Å². The first kappa shape index (κ1) is 51.3. The van der Waals surface area contributed by atoms with Gasteiger partial charge in [0, 0.05) is 13.1 Å². The van der Waals surface area contributed by atoms with Crippen LogP contribution in [0.4, 0.5) is 0 Å². The van der Waals surface area contributed by atoms with Gasteiger partial charge in [-0.15, -0.1) is 0 Å². The van der Waals surface area contributed by atoms with E-state index in [1.165, 1.54) is 47.0 Å². The van der Waals surface area contributed by atoms with Crippen molar-refractivity contribution in [1.29, 1.82) is 0 Å². The molecule has 2 amide bonds. The first-order chi connectivity index (χ1) is 29.6. The van der Waals surface area contributed by atoms with Crippen LogP contribution in [0.25, 0.3) is 0 Å². The van der Waals surface area contributed by atoms with Gasteiger partial charge in [0.2, 0.25) is 0 Å². The number of hydrogen-bond acceptors (Lipinski definition) is 12. The maximum absolute atomic E-state index is 13.4. The number of hydrogen-bond donors (Lipinski definition) is 6. The number of phenols is 2. The van der Waals surface area contributed by atoms with Crippen LogP contribution in [0.15, 0.2) is 87.7 Å². The summed E-state index contributed by atoms with van der Waals surface area (Å²) < 4.78 is 13.3. The second-order valence-corrected chi connectivity index (χ2v) is 24.5. The molecule has 348 valence electrons. The first-order valence-electron chi connectivity index (χ1n) is 21.6. The molecule has 4 aromatic rings. The molecular weight excluding hydrogens is 885 g/mol. The van der Waals surface area contributed by atoms with E-state index in [1.807, 2.05) is 48.5 Å². The Balaban J connectivity index is 1.94. The summed E-state index contributed by atoms with van der Waals surface area (Å²) in [6, 6.07) is 16.2. The topological polar surface area (TPSA) is 158 Å². The quantitative estimate of drug-likeness (QED) is 0.0789. The van der Waals surface area contributed by atoms with Gasteiger partial charge < -0.3 is 40.5 Å². The van der Waals surface area contributed by atoms with Gasteiger partial charge in [-0.1, -0.05) is 130 Å². The molecule has 0 radical (unpaired) electrons. The number of rotatable bonds is 10. The van der Waals surface area contributed by atoms with Crippen LogP contribution < -0.4 is 20.1 Å². The van der Waals surface area contributed by atoms with Crippen LogP contribution in [0.2, 0.25) is 0 Å². The van der Waals surface area contributed by atoms with Crippen molar-refractivity contribution in [3.63, 3.8) is 0 Å². The molecule has 14 heteroatoms. The Bertz CT molecular complexity index is 2110. The summed E-state index contributed by atoms with van der Waals surface area (Å²) in [6.07, 6.45) is -1.93. The van der Waals surface area contributed by atoms with Gasteiger partial charge in [-0.3, -0.25) is 9.59 Å². The number of amides is 2. The summed E-state index contributed by atoms with van der Waals surface area (Å²) in [7, 11) is 0. The van der Waals surface area contributed by atoms with Crippen LogP contribution in [-0.4, -0.2) is 70.8 Å². The van der Waals surface area contributed by atoms with Crippen LogP contribution in [0, 0.1) is 0 Å². The first-order valence-corrected chi connectivity index (χ1v) is 24.8. The average molecular weight is 951 g/mol. The molecule has 8 bridgehead atoms. The van der Waals surface area contributed by atoms with E-state index in [2.05, 4.69) is 93.7 Å². The largest absolute Gasteiger partial charge is 0.506 e. The zero-order valence-electron chi connectivity index (χ0n) is 39.7. The molecule has 0 unspecified atom stereocenters. The van der Waals surface area contributed by atoms with Crippen molar-refractivity contribution in [3.8, 4) is 23.0 Å². The maximum atomic E-state index is 13.4. The fraction of sp³-hybridized carbons (Fsp3) is 0.480. The number of nitrogens with one attached hydrogen (secondary N) is 2. The predicted molar refractivity (Wildman–Crippen MR) is 261 cm³/mol. The van der Waals surface area contributed by atoms with E-state index in [9.17, 15) is 30.0 Å².